The molecule has 0 aromatic rings. The summed E-state index contributed by atoms with van der Waals surface area (Å²) in [6, 6.07) is 0. The molecule has 0 aliphatic heterocycles. The van der Waals surface area contributed by atoms with Crippen molar-refractivity contribution < 1.29 is 42.9 Å². The molecule has 0 aromatic heterocycles. The van der Waals surface area contributed by atoms with Gasteiger partial charge in [-0.3, -0.25) is 9.59 Å². The highest BCUT2D eigenvalue weighted by Gasteiger charge is 2.22. The van der Waals surface area contributed by atoms with Crippen LogP contribution in [0.3, 0.4) is 0 Å². The second kappa shape index (κ2) is 70.1. The van der Waals surface area contributed by atoms with Crippen LogP contribution < -0.4 is 5.11 Å². The van der Waals surface area contributed by atoms with E-state index in [0.717, 1.165) is 89.9 Å². The number of unbranched alkanes of at least 4 members (excludes halogenated alkanes) is 38. The molecule has 0 spiro atoms. The second-order valence-corrected chi connectivity index (χ2v) is 26.2. The number of carbonyl (C=O) groups excluding carboxylic acids is 3. The van der Waals surface area contributed by atoms with Crippen LogP contribution in [-0.2, 0) is 33.3 Å². The summed E-state index contributed by atoms with van der Waals surface area (Å²) in [6.07, 6.45) is 93.8. The molecule has 0 rings (SSSR count). The van der Waals surface area contributed by atoms with Gasteiger partial charge < -0.3 is 33.3 Å². The average molecular weight is 1250 g/mol. The first-order valence-corrected chi connectivity index (χ1v) is 37.4. The number of esters is 2. The smallest absolute Gasteiger partial charge is 0.306 e. The quantitative estimate of drug-likeness (QED) is 0.0195. The lowest BCUT2D eigenvalue weighted by Gasteiger charge is -2.26. The molecule has 0 aromatic carbocycles. The largest absolute Gasteiger partial charge is 0.545 e. The van der Waals surface area contributed by atoms with Crippen molar-refractivity contribution in [1.29, 1.82) is 0 Å². The molecule has 0 radical (unpaired) electrons. The van der Waals surface area contributed by atoms with E-state index in [1.54, 1.807) is 0 Å². The molecule has 0 amide bonds. The molecular formula is C80H141NO8. The van der Waals surface area contributed by atoms with Crippen LogP contribution in [0.15, 0.2) is 97.2 Å². The number of ether oxygens (including phenoxy) is 4. The summed E-state index contributed by atoms with van der Waals surface area (Å²) in [7, 11) is 5.94. The van der Waals surface area contributed by atoms with E-state index in [-0.39, 0.29) is 38.6 Å². The van der Waals surface area contributed by atoms with Crippen LogP contribution in [0.4, 0.5) is 0 Å². The fraction of sp³-hybridized carbons (Fsp3) is 0.762. The number of aliphatic carboxylic acids is 1. The minimum atomic E-state index is -1.63. The summed E-state index contributed by atoms with van der Waals surface area (Å²) in [5.41, 5.74) is 0. The number of carboxylic acid groups (broad SMARTS) is 1. The van der Waals surface area contributed by atoms with E-state index in [2.05, 4.69) is 111 Å². The maximum Gasteiger partial charge on any atom is 0.306 e. The van der Waals surface area contributed by atoms with Gasteiger partial charge in [0.1, 0.15) is 13.2 Å². The summed E-state index contributed by atoms with van der Waals surface area (Å²) in [4.78, 5) is 37.5. The summed E-state index contributed by atoms with van der Waals surface area (Å²) < 4.78 is 22.8. The van der Waals surface area contributed by atoms with E-state index in [1.807, 2.05) is 21.1 Å². The predicted octanol–water partition coefficient (Wildman–Crippen LogP) is 22.3. The number of hydrogen-bond donors (Lipinski definition) is 0. The molecule has 9 nitrogen and oxygen atoms in total. The van der Waals surface area contributed by atoms with Crippen LogP contribution in [0, 0.1) is 0 Å². The zero-order valence-corrected chi connectivity index (χ0v) is 58.8. The van der Waals surface area contributed by atoms with E-state index in [4.69, 9.17) is 18.9 Å². The Hall–Kier alpha value is -3.79. The van der Waals surface area contributed by atoms with Crippen molar-refractivity contribution in [2.24, 2.45) is 0 Å². The van der Waals surface area contributed by atoms with E-state index in [1.165, 1.54) is 212 Å². The summed E-state index contributed by atoms with van der Waals surface area (Å²) in [5.74, 6) is -2.27. The fourth-order valence-electron chi connectivity index (χ4n) is 10.7. The zero-order valence-electron chi connectivity index (χ0n) is 58.8. The third-order valence-corrected chi connectivity index (χ3v) is 16.3. The number of hydrogen-bond acceptors (Lipinski definition) is 8. The van der Waals surface area contributed by atoms with Gasteiger partial charge in [0.05, 0.1) is 40.3 Å². The van der Waals surface area contributed by atoms with Gasteiger partial charge in [-0.2, -0.15) is 0 Å². The lowest BCUT2D eigenvalue weighted by molar-refractivity contribution is -0.870. The third-order valence-electron chi connectivity index (χ3n) is 16.3. The molecule has 9 heteroatoms. The number of rotatable bonds is 69. The maximum atomic E-state index is 12.9. The topological polar surface area (TPSA) is 111 Å². The van der Waals surface area contributed by atoms with Crippen LogP contribution in [0.5, 0.6) is 0 Å². The van der Waals surface area contributed by atoms with Gasteiger partial charge in [-0.25, -0.2) is 0 Å². The lowest BCUT2D eigenvalue weighted by Crippen LogP contribution is -2.44. The SMILES string of the molecule is CC/C=C\C/C=C\C/C=C\C/C=C\CCCCCCCCCCCCCCCCCCCCCCCCCCCCCCC(=O)OC(COC(=O)CCCCCCCCCCCC/C=C\C/C=C\C/C=C\C/C=C\CC)COC(OCC[N+](C)(C)C)C(=O)[O-]. The summed E-state index contributed by atoms with van der Waals surface area (Å²) in [5, 5.41) is 11.8. The molecule has 0 bridgehead atoms. The van der Waals surface area contributed by atoms with Crippen molar-refractivity contribution >= 4 is 17.9 Å². The van der Waals surface area contributed by atoms with Gasteiger partial charge in [-0.1, -0.05) is 329 Å². The molecule has 0 N–H and O–H groups in total. The van der Waals surface area contributed by atoms with E-state index >= 15 is 0 Å². The summed E-state index contributed by atoms with van der Waals surface area (Å²) in [6.45, 7) is 4.56. The van der Waals surface area contributed by atoms with Gasteiger partial charge in [-0.05, 0) is 89.9 Å². The van der Waals surface area contributed by atoms with Gasteiger partial charge in [0.25, 0.3) is 0 Å². The maximum absolute atomic E-state index is 12.9. The first-order chi connectivity index (χ1) is 43.6. The number of allylic oxidation sites excluding steroid dienone is 16. The highest BCUT2D eigenvalue weighted by molar-refractivity contribution is 5.70. The molecule has 0 fully saturated rings. The third kappa shape index (κ3) is 71.5. The Labute approximate surface area is 550 Å². The van der Waals surface area contributed by atoms with Gasteiger partial charge in [0.2, 0.25) is 0 Å². The van der Waals surface area contributed by atoms with Crippen molar-refractivity contribution in [3.05, 3.63) is 97.2 Å². The molecule has 2 atom stereocenters. The number of likely N-dealkylation sites (N-methyl/N-ethyl adjacent to an activating group) is 1. The zero-order chi connectivity index (χ0) is 64.7. The molecule has 514 valence electrons. The molecule has 89 heavy (non-hydrogen) atoms. The highest BCUT2D eigenvalue weighted by atomic mass is 16.7. The molecular weight excluding hydrogens is 1100 g/mol. The second-order valence-electron chi connectivity index (χ2n) is 26.2. The van der Waals surface area contributed by atoms with E-state index in [9.17, 15) is 19.5 Å². The van der Waals surface area contributed by atoms with Gasteiger partial charge in [0.15, 0.2) is 12.4 Å². The molecule has 2 unspecified atom stereocenters. The Kier molecular flexibility index (Phi) is 67.1. The minimum absolute atomic E-state index is 0.146. The minimum Gasteiger partial charge on any atom is -0.545 e. The standard InChI is InChI=1S/C80H141NO8/c1-6-8-10-12-14-16-18-20-22-24-26-28-30-31-32-33-34-35-36-37-38-39-40-41-42-43-44-45-46-47-49-51-53-55-57-59-61-63-65-67-69-71-78(83)89-76(75-88-80(79(84)85)86-73-72-81(3,4)5)74-87-77(82)70-68-66-64-62-60-58-56-54-52-50-48-29-27-25-23-21-19-17-15-13-11-9-7-2/h8-11,14-17,20-23,26-29,76,80H,6-7,12-13,18-19,24-25,30-75H2,1-5H3/b10-8-,11-9-,16-14-,17-15-,22-20-,23-21-,28-26-,29-27-. The summed E-state index contributed by atoms with van der Waals surface area (Å²) >= 11 is 0. The Bertz CT molecular complexity index is 1790. The predicted molar refractivity (Wildman–Crippen MR) is 380 cm³/mol. The van der Waals surface area contributed by atoms with Crippen LogP contribution >= 0.6 is 0 Å². The lowest BCUT2D eigenvalue weighted by atomic mass is 10.0. The molecule has 0 heterocycles. The number of nitrogens with zero attached hydrogens (tertiary/aromatic N) is 1. The van der Waals surface area contributed by atoms with Gasteiger partial charge in [-0.15, -0.1) is 0 Å². The van der Waals surface area contributed by atoms with Crippen molar-refractivity contribution in [1.82, 2.24) is 0 Å². The van der Waals surface area contributed by atoms with E-state index < -0.39 is 24.3 Å². The first kappa shape index (κ1) is 85.2. The van der Waals surface area contributed by atoms with Crippen LogP contribution in [0.1, 0.15) is 335 Å². The molecule has 0 saturated carbocycles. The van der Waals surface area contributed by atoms with Crippen LogP contribution in [-0.4, -0.2) is 82.3 Å². The molecule has 0 aliphatic rings. The average Bonchev–Trinajstić information content (AvgIpc) is 3.64. The number of quaternary nitrogens is 1. The Morgan fingerprint density at radius 2 is 0.607 bits per heavy atom. The van der Waals surface area contributed by atoms with Crippen molar-refractivity contribution in [2.75, 3.05) is 47.5 Å². The molecule has 0 aliphatic carbocycles. The Morgan fingerprint density at radius 1 is 0.337 bits per heavy atom. The van der Waals surface area contributed by atoms with Crippen molar-refractivity contribution in [3.8, 4) is 0 Å². The van der Waals surface area contributed by atoms with Crippen molar-refractivity contribution in [2.45, 2.75) is 347 Å². The van der Waals surface area contributed by atoms with Gasteiger partial charge >= 0.3 is 11.9 Å². The molecule has 0 saturated heterocycles. The van der Waals surface area contributed by atoms with Crippen LogP contribution in [0.2, 0.25) is 0 Å². The van der Waals surface area contributed by atoms with Crippen molar-refractivity contribution in [3.63, 3.8) is 0 Å². The highest BCUT2D eigenvalue weighted by Crippen LogP contribution is 2.19. The normalized spacial score (nSPS) is 13.2. The van der Waals surface area contributed by atoms with E-state index in [0.29, 0.717) is 17.4 Å². The number of carboxylic acids is 1. The van der Waals surface area contributed by atoms with Crippen LogP contribution in [0.25, 0.3) is 0 Å². The Balaban J connectivity index is 3.97. The van der Waals surface area contributed by atoms with Gasteiger partial charge in [0, 0.05) is 12.8 Å². The Morgan fingerprint density at radius 3 is 0.899 bits per heavy atom. The monoisotopic (exact) mass is 1240 g/mol. The first-order valence-electron chi connectivity index (χ1n) is 37.4. The number of carbonyl (C=O) groups is 3. The fourth-order valence-corrected chi connectivity index (χ4v) is 10.7.